The van der Waals surface area contributed by atoms with Crippen molar-refractivity contribution in [1.82, 2.24) is 10.3 Å². The van der Waals surface area contributed by atoms with E-state index in [1.807, 2.05) is 12.1 Å². The summed E-state index contributed by atoms with van der Waals surface area (Å²) in [6.45, 7) is 0.710. The zero-order valence-corrected chi connectivity index (χ0v) is 14.7. The second-order valence-electron chi connectivity index (χ2n) is 6.98. The third-order valence-corrected chi connectivity index (χ3v) is 5.26. The zero-order chi connectivity index (χ0) is 18.1. The molecular formula is C20H23N3O3. The van der Waals surface area contributed by atoms with E-state index < -0.39 is 0 Å². The van der Waals surface area contributed by atoms with Crippen LogP contribution in [-0.4, -0.2) is 35.8 Å². The van der Waals surface area contributed by atoms with Crippen molar-refractivity contribution >= 4 is 11.7 Å². The van der Waals surface area contributed by atoms with Crippen molar-refractivity contribution in [2.24, 2.45) is 5.92 Å². The molecule has 0 radical (unpaired) electrons. The lowest BCUT2D eigenvalue weighted by molar-refractivity contribution is 0.0235. The minimum Gasteiger partial charge on any atom is -0.493 e. The molecule has 26 heavy (non-hydrogen) atoms. The van der Waals surface area contributed by atoms with E-state index in [0.29, 0.717) is 30.8 Å². The van der Waals surface area contributed by atoms with E-state index in [2.05, 4.69) is 21.7 Å². The Hall–Kier alpha value is -2.60. The third kappa shape index (κ3) is 3.24. The summed E-state index contributed by atoms with van der Waals surface area (Å²) in [5.74, 6) is 1.69. The number of pyridine rings is 1. The fourth-order valence-electron chi connectivity index (χ4n) is 3.71. The Labute approximate surface area is 152 Å². The molecule has 4 rings (SSSR count). The summed E-state index contributed by atoms with van der Waals surface area (Å²) >= 11 is 0. The average molecular weight is 353 g/mol. The van der Waals surface area contributed by atoms with Crippen molar-refractivity contribution < 1.29 is 14.6 Å². The van der Waals surface area contributed by atoms with Gasteiger partial charge in [0, 0.05) is 25.2 Å². The first-order valence-electron chi connectivity index (χ1n) is 9.02. The third-order valence-electron chi connectivity index (χ3n) is 5.26. The highest BCUT2D eigenvalue weighted by molar-refractivity contribution is 5.95. The highest BCUT2D eigenvalue weighted by Gasteiger charge is 2.36. The number of nitrogens with one attached hydrogen (secondary N) is 2. The predicted molar refractivity (Wildman–Crippen MR) is 98.4 cm³/mol. The van der Waals surface area contributed by atoms with Crippen LogP contribution in [0.25, 0.3) is 0 Å². The van der Waals surface area contributed by atoms with Crippen molar-refractivity contribution in [1.29, 1.82) is 0 Å². The molecule has 1 aliphatic carbocycles. The normalized spacial score (nSPS) is 21.9. The average Bonchev–Trinajstić information content (AvgIpc) is 3.11. The van der Waals surface area contributed by atoms with Crippen molar-refractivity contribution in [3.63, 3.8) is 0 Å². The minimum absolute atomic E-state index is 0.122. The maximum absolute atomic E-state index is 12.8. The van der Waals surface area contributed by atoms with Gasteiger partial charge in [0.1, 0.15) is 11.6 Å². The van der Waals surface area contributed by atoms with Gasteiger partial charge in [-0.05, 0) is 54.2 Å². The molecule has 0 spiro atoms. The minimum atomic E-state index is -0.269. The standard InChI is InChI=1S/C20H23N3O3/c1-21-18-11-14(4-6-22-18)20(25)23-19(15-9-16(24)10-15)13-2-3-17-12(8-13)5-7-26-17/h2-4,6,8,11,15-16,19,24H,5,7,9-10H2,1H3,(H,21,22)(H,23,25)/t15?,16?,19-/m1/s1. The van der Waals surface area contributed by atoms with Crippen LogP contribution in [0.5, 0.6) is 5.75 Å². The van der Waals surface area contributed by atoms with E-state index >= 15 is 0 Å². The smallest absolute Gasteiger partial charge is 0.251 e. The number of aliphatic hydroxyl groups is 1. The molecule has 0 unspecified atom stereocenters. The highest BCUT2D eigenvalue weighted by Crippen LogP contribution is 2.40. The second-order valence-corrected chi connectivity index (χ2v) is 6.98. The Morgan fingerprint density at radius 3 is 2.92 bits per heavy atom. The number of ether oxygens (including phenoxy) is 1. The van der Waals surface area contributed by atoms with Crippen LogP contribution in [0.1, 0.15) is 40.4 Å². The molecule has 1 fully saturated rings. The molecule has 2 aliphatic rings. The molecule has 1 atom stereocenters. The Kier molecular flexibility index (Phi) is 4.51. The lowest BCUT2D eigenvalue weighted by atomic mass is 9.74. The number of hydrogen-bond acceptors (Lipinski definition) is 5. The topological polar surface area (TPSA) is 83.5 Å². The quantitative estimate of drug-likeness (QED) is 0.768. The summed E-state index contributed by atoms with van der Waals surface area (Å²) in [4.78, 5) is 17.0. The van der Waals surface area contributed by atoms with Crippen LogP contribution >= 0.6 is 0 Å². The van der Waals surface area contributed by atoms with Gasteiger partial charge < -0.3 is 20.5 Å². The summed E-state index contributed by atoms with van der Waals surface area (Å²) in [5.41, 5.74) is 2.82. The SMILES string of the molecule is CNc1cc(C(=O)N[C@H](c2ccc3c(c2)CCO3)C2CC(O)C2)ccn1. The summed E-state index contributed by atoms with van der Waals surface area (Å²) in [6, 6.07) is 9.45. The fraction of sp³-hybridized carbons (Fsp3) is 0.400. The van der Waals surface area contributed by atoms with Crippen molar-refractivity contribution in [3.05, 3.63) is 53.2 Å². The van der Waals surface area contributed by atoms with Crippen LogP contribution in [0.2, 0.25) is 0 Å². The van der Waals surface area contributed by atoms with Gasteiger partial charge in [-0.1, -0.05) is 6.07 Å². The number of carbonyl (C=O) groups is 1. The largest absolute Gasteiger partial charge is 0.493 e. The Morgan fingerprint density at radius 1 is 1.31 bits per heavy atom. The van der Waals surface area contributed by atoms with Gasteiger partial charge in [0.05, 0.1) is 18.8 Å². The molecule has 136 valence electrons. The summed E-state index contributed by atoms with van der Waals surface area (Å²) in [5, 5.41) is 15.9. The maximum atomic E-state index is 12.8. The molecule has 0 bridgehead atoms. The van der Waals surface area contributed by atoms with Gasteiger partial charge in [0.25, 0.3) is 5.91 Å². The zero-order valence-electron chi connectivity index (χ0n) is 14.7. The number of hydrogen-bond donors (Lipinski definition) is 3. The number of amides is 1. The molecule has 6 nitrogen and oxygen atoms in total. The number of aliphatic hydroxyl groups excluding tert-OH is 1. The molecule has 2 aromatic rings. The summed E-state index contributed by atoms with van der Waals surface area (Å²) < 4.78 is 5.59. The first-order chi connectivity index (χ1) is 12.6. The van der Waals surface area contributed by atoms with Gasteiger partial charge in [-0.15, -0.1) is 0 Å². The first-order valence-corrected chi connectivity index (χ1v) is 9.02. The van der Waals surface area contributed by atoms with Gasteiger partial charge in [0.2, 0.25) is 0 Å². The maximum Gasteiger partial charge on any atom is 0.251 e. The molecule has 2 heterocycles. The van der Waals surface area contributed by atoms with E-state index in [-0.39, 0.29) is 24.0 Å². The predicted octanol–water partition coefficient (Wildman–Crippen LogP) is 2.30. The molecular weight excluding hydrogens is 330 g/mol. The lowest BCUT2D eigenvalue weighted by Gasteiger charge is -2.38. The van der Waals surface area contributed by atoms with Crippen molar-refractivity contribution in [3.8, 4) is 5.75 Å². The van der Waals surface area contributed by atoms with Gasteiger partial charge >= 0.3 is 0 Å². The van der Waals surface area contributed by atoms with E-state index in [1.54, 1.807) is 25.4 Å². The highest BCUT2D eigenvalue weighted by atomic mass is 16.5. The number of aromatic nitrogens is 1. The second kappa shape index (κ2) is 6.96. The van der Waals surface area contributed by atoms with Crippen LogP contribution in [0.4, 0.5) is 5.82 Å². The van der Waals surface area contributed by atoms with Gasteiger partial charge in [0.15, 0.2) is 0 Å². The molecule has 1 aliphatic heterocycles. The first kappa shape index (κ1) is 16.8. The van der Waals surface area contributed by atoms with Crippen LogP contribution in [0, 0.1) is 5.92 Å². The van der Waals surface area contributed by atoms with Crippen molar-refractivity contribution in [2.75, 3.05) is 19.0 Å². The number of fused-ring (bicyclic) bond motifs is 1. The number of anilines is 1. The molecule has 3 N–H and O–H groups in total. The Balaban J connectivity index is 1.58. The van der Waals surface area contributed by atoms with Crippen LogP contribution < -0.4 is 15.4 Å². The fourth-order valence-corrected chi connectivity index (χ4v) is 3.71. The number of carbonyl (C=O) groups excluding carboxylic acids is 1. The van der Waals surface area contributed by atoms with Gasteiger partial charge in [-0.3, -0.25) is 4.79 Å². The van der Waals surface area contributed by atoms with Gasteiger partial charge in [-0.2, -0.15) is 0 Å². The van der Waals surface area contributed by atoms with E-state index in [4.69, 9.17) is 4.74 Å². The molecule has 1 amide bonds. The van der Waals surface area contributed by atoms with Gasteiger partial charge in [-0.25, -0.2) is 4.98 Å². The summed E-state index contributed by atoms with van der Waals surface area (Å²) in [6.07, 6.45) is 3.66. The lowest BCUT2D eigenvalue weighted by Crippen LogP contribution is -2.41. The number of benzene rings is 1. The van der Waals surface area contributed by atoms with Crippen LogP contribution in [0.15, 0.2) is 36.5 Å². The molecule has 0 saturated heterocycles. The Morgan fingerprint density at radius 2 is 2.15 bits per heavy atom. The molecule has 6 heteroatoms. The number of nitrogens with zero attached hydrogens (tertiary/aromatic N) is 1. The monoisotopic (exact) mass is 353 g/mol. The molecule has 1 aromatic heterocycles. The van der Waals surface area contributed by atoms with Crippen molar-refractivity contribution in [2.45, 2.75) is 31.4 Å². The van der Waals surface area contributed by atoms with Crippen LogP contribution in [-0.2, 0) is 6.42 Å². The summed E-state index contributed by atoms with van der Waals surface area (Å²) in [7, 11) is 1.77. The van der Waals surface area contributed by atoms with E-state index in [1.165, 1.54) is 5.56 Å². The molecule has 1 saturated carbocycles. The number of rotatable bonds is 5. The van der Waals surface area contributed by atoms with Crippen LogP contribution in [0.3, 0.4) is 0 Å². The van der Waals surface area contributed by atoms with E-state index in [0.717, 1.165) is 17.7 Å². The van der Waals surface area contributed by atoms with E-state index in [9.17, 15) is 9.90 Å². The molecule has 1 aromatic carbocycles. The Bertz CT molecular complexity index is 818.